The first-order chi connectivity index (χ1) is 10.1. The fourth-order valence-corrected chi connectivity index (χ4v) is 2.75. The van der Waals surface area contributed by atoms with Gasteiger partial charge in [-0.25, -0.2) is 0 Å². The molecule has 0 amide bonds. The van der Waals surface area contributed by atoms with Gasteiger partial charge < -0.3 is 15.4 Å². The monoisotopic (exact) mass is 437 g/mol. The number of benzene rings is 1. The Balaban J connectivity index is 0.00000242. The van der Waals surface area contributed by atoms with E-state index in [1.54, 1.807) is 7.11 Å². The predicted molar refractivity (Wildman–Crippen MR) is 104 cm³/mol. The molecule has 0 bridgehead atoms. The first kappa shape index (κ1) is 19.4. The molecular weight excluding hydrogens is 413 g/mol. The van der Waals surface area contributed by atoms with E-state index in [0.29, 0.717) is 12.5 Å². The van der Waals surface area contributed by atoms with E-state index in [1.165, 1.54) is 12.8 Å². The maximum atomic E-state index is 6.22. The molecule has 0 spiro atoms. The second kappa shape index (κ2) is 9.45. The average Bonchev–Trinajstić information content (AvgIpc) is 2.49. The highest BCUT2D eigenvalue weighted by Gasteiger charge is 2.16. The SMILES string of the molecule is COc1ccc(CCN=C(N)N2CCC(C)CC2)c(Cl)c1.I. The molecule has 0 radical (unpaired) electrons. The van der Waals surface area contributed by atoms with Gasteiger partial charge in [-0.05, 0) is 42.9 Å². The van der Waals surface area contributed by atoms with Crippen LogP contribution in [0.2, 0.25) is 5.02 Å². The quantitative estimate of drug-likeness (QED) is 0.445. The number of nitrogens with two attached hydrogens (primary N) is 1. The zero-order valence-corrected chi connectivity index (χ0v) is 16.3. The number of hydrogen-bond donors (Lipinski definition) is 1. The summed E-state index contributed by atoms with van der Waals surface area (Å²) in [5, 5.41) is 0.718. The molecule has 2 rings (SSSR count). The lowest BCUT2D eigenvalue weighted by atomic mass is 10.00. The molecule has 22 heavy (non-hydrogen) atoms. The molecule has 1 aromatic carbocycles. The third-order valence-electron chi connectivity index (χ3n) is 4.02. The van der Waals surface area contributed by atoms with Crippen LogP contribution in [-0.2, 0) is 6.42 Å². The Labute approximate surface area is 155 Å². The van der Waals surface area contributed by atoms with Crippen LogP contribution in [0.5, 0.6) is 5.75 Å². The van der Waals surface area contributed by atoms with Crippen LogP contribution in [0.15, 0.2) is 23.2 Å². The number of hydrogen-bond acceptors (Lipinski definition) is 2. The minimum atomic E-state index is 0. The fraction of sp³-hybridized carbons (Fsp3) is 0.562. The first-order valence-corrected chi connectivity index (χ1v) is 7.85. The Bertz CT molecular complexity index is 502. The number of piperidine rings is 1. The van der Waals surface area contributed by atoms with Gasteiger partial charge in [-0.3, -0.25) is 4.99 Å². The van der Waals surface area contributed by atoms with Crippen molar-refractivity contribution < 1.29 is 4.74 Å². The highest BCUT2D eigenvalue weighted by Crippen LogP contribution is 2.22. The van der Waals surface area contributed by atoms with Crippen LogP contribution < -0.4 is 10.5 Å². The second-order valence-electron chi connectivity index (χ2n) is 5.62. The highest BCUT2D eigenvalue weighted by molar-refractivity contribution is 14.0. The van der Waals surface area contributed by atoms with Crippen LogP contribution in [0.4, 0.5) is 0 Å². The molecule has 0 saturated carbocycles. The van der Waals surface area contributed by atoms with E-state index in [0.717, 1.165) is 41.8 Å². The van der Waals surface area contributed by atoms with Crippen LogP contribution in [-0.4, -0.2) is 37.6 Å². The molecule has 0 unspecified atom stereocenters. The molecule has 1 heterocycles. The lowest BCUT2D eigenvalue weighted by molar-refractivity contribution is 0.277. The van der Waals surface area contributed by atoms with Crippen molar-refractivity contribution in [2.75, 3.05) is 26.7 Å². The van der Waals surface area contributed by atoms with Crippen LogP contribution in [0.1, 0.15) is 25.3 Å². The minimum absolute atomic E-state index is 0. The van der Waals surface area contributed by atoms with Crippen molar-refractivity contribution in [3.63, 3.8) is 0 Å². The van der Waals surface area contributed by atoms with Gasteiger partial charge in [0, 0.05) is 24.7 Å². The Kier molecular flexibility index (Phi) is 8.31. The molecule has 4 nitrogen and oxygen atoms in total. The smallest absolute Gasteiger partial charge is 0.191 e. The molecule has 0 aromatic heterocycles. The van der Waals surface area contributed by atoms with E-state index < -0.39 is 0 Å². The van der Waals surface area contributed by atoms with Crippen molar-refractivity contribution in [2.45, 2.75) is 26.2 Å². The van der Waals surface area contributed by atoms with Crippen LogP contribution >= 0.6 is 35.6 Å². The summed E-state index contributed by atoms with van der Waals surface area (Å²) in [5.41, 5.74) is 7.14. The van der Waals surface area contributed by atoms with Crippen molar-refractivity contribution in [2.24, 2.45) is 16.6 Å². The van der Waals surface area contributed by atoms with Gasteiger partial charge >= 0.3 is 0 Å². The molecule has 1 fully saturated rings. The third-order valence-corrected chi connectivity index (χ3v) is 4.37. The van der Waals surface area contributed by atoms with E-state index in [1.807, 2.05) is 18.2 Å². The van der Waals surface area contributed by atoms with Crippen molar-refractivity contribution in [3.05, 3.63) is 28.8 Å². The Morgan fingerprint density at radius 3 is 2.68 bits per heavy atom. The molecule has 1 aromatic rings. The van der Waals surface area contributed by atoms with Crippen molar-refractivity contribution in [1.82, 2.24) is 4.90 Å². The number of nitrogens with zero attached hydrogens (tertiary/aromatic N) is 2. The number of halogens is 2. The molecule has 0 aliphatic carbocycles. The van der Waals surface area contributed by atoms with E-state index >= 15 is 0 Å². The Hall–Kier alpha value is -0.690. The Morgan fingerprint density at radius 1 is 1.41 bits per heavy atom. The predicted octanol–water partition coefficient (Wildman–Crippen LogP) is 3.56. The van der Waals surface area contributed by atoms with Gasteiger partial charge in [-0.2, -0.15) is 0 Å². The maximum Gasteiger partial charge on any atom is 0.191 e. The van der Waals surface area contributed by atoms with Gasteiger partial charge in [-0.15, -0.1) is 24.0 Å². The van der Waals surface area contributed by atoms with Crippen molar-refractivity contribution >= 4 is 41.5 Å². The third kappa shape index (κ3) is 5.50. The van der Waals surface area contributed by atoms with Gasteiger partial charge in [0.2, 0.25) is 0 Å². The van der Waals surface area contributed by atoms with Gasteiger partial charge in [-0.1, -0.05) is 24.6 Å². The number of rotatable bonds is 4. The highest BCUT2D eigenvalue weighted by atomic mass is 127. The summed E-state index contributed by atoms with van der Waals surface area (Å²) in [6, 6.07) is 5.73. The first-order valence-electron chi connectivity index (χ1n) is 7.47. The molecule has 0 atom stereocenters. The lowest BCUT2D eigenvalue weighted by Crippen LogP contribution is -2.42. The largest absolute Gasteiger partial charge is 0.497 e. The summed E-state index contributed by atoms with van der Waals surface area (Å²) in [4.78, 5) is 6.66. The second-order valence-corrected chi connectivity index (χ2v) is 6.02. The summed E-state index contributed by atoms with van der Waals surface area (Å²) in [6.45, 7) is 4.97. The van der Waals surface area contributed by atoms with Crippen LogP contribution in [0.3, 0.4) is 0 Å². The average molecular weight is 438 g/mol. The van der Waals surface area contributed by atoms with Crippen LogP contribution in [0, 0.1) is 5.92 Å². The molecule has 1 aliphatic rings. The normalized spacial score (nSPS) is 16.3. The van der Waals surface area contributed by atoms with E-state index in [9.17, 15) is 0 Å². The number of methoxy groups -OCH3 is 1. The van der Waals surface area contributed by atoms with Gasteiger partial charge in [0.15, 0.2) is 5.96 Å². The summed E-state index contributed by atoms with van der Waals surface area (Å²) < 4.78 is 5.14. The molecule has 2 N–H and O–H groups in total. The van der Waals surface area contributed by atoms with E-state index in [4.69, 9.17) is 22.1 Å². The molecule has 124 valence electrons. The zero-order valence-electron chi connectivity index (χ0n) is 13.2. The van der Waals surface area contributed by atoms with Gasteiger partial charge in [0.05, 0.1) is 7.11 Å². The standard InChI is InChI=1S/C16H24ClN3O.HI/c1-12-6-9-20(10-7-12)16(18)19-8-5-13-3-4-14(21-2)11-15(13)17;/h3-4,11-12H,5-10H2,1-2H3,(H2,18,19);1H. The topological polar surface area (TPSA) is 50.9 Å². The van der Waals surface area contributed by atoms with E-state index in [-0.39, 0.29) is 24.0 Å². The molecule has 1 saturated heterocycles. The number of ether oxygens (including phenoxy) is 1. The van der Waals surface area contributed by atoms with Crippen molar-refractivity contribution in [3.8, 4) is 5.75 Å². The van der Waals surface area contributed by atoms with Gasteiger partial charge in [0.1, 0.15) is 5.75 Å². The summed E-state index contributed by atoms with van der Waals surface area (Å²) >= 11 is 6.22. The number of guanidine groups is 1. The molecule has 6 heteroatoms. The van der Waals surface area contributed by atoms with Crippen molar-refractivity contribution in [1.29, 1.82) is 0 Å². The lowest BCUT2D eigenvalue weighted by Gasteiger charge is -2.31. The fourth-order valence-electron chi connectivity index (χ4n) is 2.49. The summed E-state index contributed by atoms with van der Waals surface area (Å²) in [6.07, 6.45) is 3.18. The maximum absolute atomic E-state index is 6.22. The summed E-state index contributed by atoms with van der Waals surface area (Å²) in [7, 11) is 1.63. The molecule has 1 aliphatic heterocycles. The zero-order chi connectivity index (χ0) is 15.2. The number of likely N-dealkylation sites (tertiary alicyclic amines) is 1. The molecular formula is C16H25ClIN3O. The minimum Gasteiger partial charge on any atom is -0.497 e. The van der Waals surface area contributed by atoms with Crippen LogP contribution in [0.25, 0.3) is 0 Å². The number of aliphatic imine (C=N–C) groups is 1. The van der Waals surface area contributed by atoms with E-state index in [2.05, 4.69) is 16.8 Å². The Morgan fingerprint density at radius 2 is 2.09 bits per heavy atom. The summed E-state index contributed by atoms with van der Waals surface area (Å²) in [5.74, 6) is 2.23. The van der Waals surface area contributed by atoms with Gasteiger partial charge in [0.25, 0.3) is 0 Å².